The van der Waals surface area contributed by atoms with Crippen molar-refractivity contribution in [3.05, 3.63) is 66.6 Å². The van der Waals surface area contributed by atoms with Gasteiger partial charge in [0.2, 0.25) is 5.91 Å². The molecule has 0 N–H and O–H groups in total. The van der Waals surface area contributed by atoms with Crippen molar-refractivity contribution < 1.29 is 18.7 Å². The highest BCUT2D eigenvalue weighted by atomic mass is 32.2. The number of thiazole rings is 1. The van der Waals surface area contributed by atoms with Crippen LogP contribution >= 0.6 is 23.1 Å². The Labute approximate surface area is 195 Å². The summed E-state index contributed by atoms with van der Waals surface area (Å²) in [5.41, 5.74) is 0.777. The summed E-state index contributed by atoms with van der Waals surface area (Å²) < 4.78 is 17.4. The van der Waals surface area contributed by atoms with E-state index < -0.39 is 0 Å². The van der Waals surface area contributed by atoms with Crippen LogP contribution in [0, 0.1) is 0 Å². The molecule has 0 aliphatic carbocycles. The Balaban J connectivity index is 1.51. The zero-order valence-corrected chi connectivity index (χ0v) is 19.6. The first-order valence-corrected chi connectivity index (χ1v) is 12.1. The standard InChI is InChI=1S/C24H24N2O4S2/c1-3-29-20-7-4-8-21-23(20)25-24(32-21)26(16-18-6-5-14-30-18)22(27)13-15-31-19-11-9-17(28-2)10-12-19/h4-12,14H,3,13,15-16H2,1-2H3. The van der Waals surface area contributed by atoms with E-state index in [2.05, 4.69) is 0 Å². The lowest BCUT2D eigenvalue weighted by molar-refractivity contribution is -0.118. The highest BCUT2D eigenvalue weighted by Gasteiger charge is 2.22. The predicted molar refractivity (Wildman–Crippen MR) is 129 cm³/mol. The maximum atomic E-state index is 13.2. The summed E-state index contributed by atoms with van der Waals surface area (Å²) in [4.78, 5) is 20.8. The molecule has 0 atom stereocenters. The van der Waals surface area contributed by atoms with E-state index in [0.29, 0.717) is 36.2 Å². The summed E-state index contributed by atoms with van der Waals surface area (Å²) in [7, 11) is 1.65. The van der Waals surface area contributed by atoms with E-state index in [1.165, 1.54) is 11.3 Å². The predicted octanol–water partition coefficient (Wildman–Crippen LogP) is 6.01. The van der Waals surface area contributed by atoms with Gasteiger partial charge in [0, 0.05) is 17.1 Å². The largest absolute Gasteiger partial charge is 0.497 e. The molecule has 1 amide bonds. The zero-order valence-electron chi connectivity index (χ0n) is 17.9. The quantitative estimate of drug-likeness (QED) is 0.266. The van der Waals surface area contributed by atoms with E-state index in [9.17, 15) is 4.79 Å². The minimum Gasteiger partial charge on any atom is -0.497 e. The number of carbonyl (C=O) groups excluding carboxylic acids is 1. The number of methoxy groups -OCH3 is 1. The van der Waals surface area contributed by atoms with Crippen molar-refractivity contribution in [3.8, 4) is 11.5 Å². The SMILES string of the molecule is CCOc1cccc2sc(N(Cc3ccco3)C(=O)CCSc3ccc(OC)cc3)nc12. The van der Waals surface area contributed by atoms with Crippen LogP contribution in [-0.4, -0.2) is 30.4 Å². The van der Waals surface area contributed by atoms with E-state index >= 15 is 0 Å². The molecule has 0 bridgehead atoms. The number of thioether (sulfide) groups is 1. The van der Waals surface area contributed by atoms with Gasteiger partial charge in [0.25, 0.3) is 0 Å². The second-order valence-electron chi connectivity index (χ2n) is 6.87. The molecule has 4 rings (SSSR count). The van der Waals surface area contributed by atoms with Crippen LogP contribution in [-0.2, 0) is 11.3 Å². The van der Waals surface area contributed by atoms with E-state index in [1.54, 1.807) is 30.0 Å². The Morgan fingerprint density at radius 3 is 2.72 bits per heavy atom. The molecule has 0 fully saturated rings. The lowest BCUT2D eigenvalue weighted by Gasteiger charge is -2.18. The number of nitrogens with zero attached hydrogens (tertiary/aromatic N) is 2. The lowest BCUT2D eigenvalue weighted by Crippen LogP contribution is -2.30. The number of fused-ring (bicyclic) bond motifs is 1. The third-order valence-electron chi connectivity index (χ3n) is 4.74. The van der Waals surface area contributed by atoms with Gasteiger partial charge >= 0.3 is 0 Å². The average molecular weight is 469 g/mol. The fourth-order valence-electron chi connectivity index (χ4n) is 3.18. The summed E-state index contributed by atoms with van der Waals surface area (Å²) in [5.74, 6) is 2.92. The van der Waals surface area contributed by atoms with Gasteiger partial charge < -0.3 is 13.9 Å². The molecule has 6 nitrogen and oxygen atoms in total. The van der Waals surface area contributed by atoms with Gasteiger partial charge in [0.1, 0.15) is 22.8 Å². The van der Waals surface area contributed by atoms with Crippen LogP contribution in [0.1, 0.15) is 19.1 Å². The fourth-order valence-corrected chi connectivity index (χ4v) is 5.02. The number of furan rings is 1. The molecule has 2 aromatic heterocycles. The fraction of sp³-hybridized carbons (Fsp3) is 0.250. The van der Waals surface area contributed by atoms with Crippen LogP contribution in [0.25, 0.3) is 10.2 Å². The summed E-state index contributed by atoms with van der Waals surface area (Å²) in [6, 6.07) is 17.4. The van der Waals surface area contributed by atoms with Crippen LogP contribution in [0.2, 0.25) is 0 Å². The van der Waals surface area contributed by atoms with Gasteiger partial charge in [-0.25, -0.2) is 4.98 Å². The smallest absolute Gasteiger partial charge is 0.230 e. The van der Waals surface area contributed by atoms with Crippen molar-refractivity contribution in [2.45, 2.75) is 24.8 Å². The first-order chi connectivity index (χ1) is 15.7. The van der Waals surface area contributed by atoms with Crippen molar-refractivity contribution in [2.24, 2.45) is 0 Å². The van der Waals surface area contributed by atoms with E-state index in [-0.39, 0.29) is 5.91 Å². The molecule has 0 aliphatic heterocycles. The van der Waals surface area contributed by atoms with Gasteiger partial charge in [0.05, 0.1) is 31.2 Å². The Kier molecular flexibility index (Phi) is 7.34. The molecular weight excluding hydrogens is 444 g/mol. The second-order valence-corrected chi connectivity index (χ2v) is 9.04. The molecule has 0 unspecified atom stereocenters. The number of hydrogen-bond donors (Lipinski definition) is 0. The molecule has 0 spiro atoms. The Bertz CT molecular complexity index is 1160. The molecular formula is C24H24N2O4S2. The number of hydrogen-bond acceptors (Lipinski definition) is 7. The van der Waals surface area contributed by atoms with E-state index in [0.717, 1.165) is 26.6 Å². The zero-order chi connectivity index (χ0) is 22.3. The van der Waals surface area contributed by atoms with Crippen molar-refractivity contribution in [2.75, 3.05) is 24.4 Å². The molecule has 32 heavy (non-hydrogen) atoms. The number of ether oxygens (including phenoxy) is 2. The van der Waals surface area contributed by atoms with E-state index in [4.69, 9.17) is 18.9 Å². The van der Waals surface area contributed by atoms with Gasteiger partial charge in [0.15, 0.2) is 5.13 Å². The minimum atomic E-state index is -0.000530. The number of carbonyl (C=O) groups is 1. The second kappa shape index (κ2) is 10.6. The molecule has 0 aliphatic rings. The van der Waals surface area contributed by atoms with Gasteiger partial charge in [-0.15, -0.1) is 11.8 Å². The van der Waals surface area contributed by atoms with Gasteiger partial charge in [-0.05, 0) is 55.5 Å². The summed E-state index contributed by atoms with van der Waals surface area (Å²) >= 11 is 3.12. The third-order valence-corrected chi connectivity index (χ3v) is 6.80. The maximum absolute atomic E-state index is 13.2. The molecule has 4 aromatic rings. The Hall–Kier alpha value is -2.97. The topological polar surface area (TPSA) is 64.8 Å². The highest BCUT2D eigenvalue weighted by Crippen LogP contribution is 2.35. The molecule has 0 saturated heterocycles. The molecule has 8 heteroatoms. The van der Waals surface area contributed by atoms with Crippen LogP contribution in [0.3, 0.4) is 0 Å². The van der Waals surface area contributed by atoms with Crippen LogP contribution in [0.15, 0.2) is 70.2 Å². The maximum Gasteiger partial charge on any atom is 0.230 e. The number of rotatable bonds is 10. The molecule has 166 valence electrons. The van der Waals surface area contributed by atoms with Crippen LogP contribution < -0.4 is 14.4 Å². The third kappa shape index (κ3) is 5.26. The van der Waals surface area contributed by atoms with E-state index in [1.807, 2.05) is 61.5 Å². The summed E-state index contributed by atoms with van der Waals surface area (Å²) in [6.07, 6.45) is 1.99. The summed E-state index contributed by atoms with van der Waals surface area (Å²) in [6.45, 7) is 2.84. The van der Waals surface area contributed by atoms with Gasteiger partial charge in [-0.3, -0.25) is 9.69 Å². The average Bonchev–Trinajstić information content (AvgIpc) is 3.48. The van der Waals surface area contributed by atoms with Crippen LogP contribution in [0.5, 0.6) is 11.5 Å². The first-order valence-electron chi connectivity index (χ1n) is 10.3. The first kappa shape index (κ1) is 22.2. The Morgan fingerprint density at radius 2 is 2.00 bits per heavy atom. The van der Waals surface area contributed by atoms with Gasteiger partial charge in [-0.1, -0.05) is 17.4 Å². The van der Waals surface area contributed by atoms with Crippen molar-refractivity contribution in [1.82, 2.24) is 4.98 Å². The van der Waals surface area contributed by atoms with Crippen molar-refractivity contribution >= 4 is 44.4 Å². The number of amides is 1. The monoisotopic (exact) mass is 468 g/mol. The van der Waals surface area contributed by atoms with Crippen LogP contribution in [0.4, 0.5) is 5.13 Å². The number of para-hydroxylation sites is 1. The van der Waals surface area contributed by atoms with Gasteiger partial charge in [-0.2, -0.15) is 0 Å². The number of anilines is 1. The molecule has 0 radical (unpaired) electrons. The van der Waals surface area contributed by atoms with Crippen molar-refractivity contribution in [1.29, 1.82) is 0 Å². The molecule has 2 heterocycles. The lowest BCUT2D eigenvalue weighted by atomic mass is 10.3. The normalized spacial score (nSPS) is 10.9. The minimum absolute atomic E-state index is 0.000530. The number of aromatic nitrogens is 1. The molecule has 0 saturated carbocycles. The summed E-state index contributed by atoms with van der Waals surface area (Å²) in [5, 5.41) is 0.642. The highest BCUT2D eigenvalue weighted by molar-refractivity contribution is 7.99. The Morgan fingerprint density at radius 1 is 1.16 bits per heavy atom. The molecule has 2 aromatic carbocycles. The van der Waals surface area contributed by atoms with Crippen molar-refractivity contribution in [3.63, 3.8) is 0 Å². The number of benzene rings is 2.